The Morgan fingerprint density at radius 1 is 1.57 bits per heavy atom. The molecular formula is C9H11ClN2O2. The summed E-state index contributed by atoms with van der Waals surface area (Å²) in [4.78, 5) is 16.6. The average molecular weight is 215 g/mol. The average Bonchev–Trinajstić information content (AvgIpc) is 2.08. The van der Waals surface area contributed by atoms with Crippen LogP contribution in [0.1, 0.15) is 15.9 Å². The van der Waals surface area contributed by atoms with Crippen LogP contribution in [0.15, 0.2) is 6.07 Å². The van der Waals surface area contributed by atoms with Crippen molar-refractivity contribution >= 4 is 23.4 Å². The molecule has 0 aliphatic carbocycles. The molecule has 0 amide bonds. The highest BCUT2D eigenvalue weighted by molar-refractivity contribution is 6.30. The number of carbonyl (C=O) groups is 1. The van der Waals surface area contributed by atoms with Gasteiger partial charge in [0.2, 0.25) is 0 Å². The predicted molar refractivity (Wildman–Crippen MR) is 55.3 cm³/mol. The molecule has 0 aromatic carbocycles. The van der Waals surface area contributed by atoms with Crippen molar-refractivity contribution in [2.45, 2.75) is 6.92 Å². The van der Waals surface area contributed by atoms with E-state index in [4.69, 9.17) is 16.7 Å². The van der Waals surface area contributed by atoms with Gasteiger partial charge in [-0.25, -0.2) is 9.78 Å². The summed E-state index contributed by atoms with van der Waals surface area (Å²) in [6.07, 6.45) is 0. The molecule has 0 spiro atoms. The lowest BCUT2D eigenvalue weighted by atomic mass is 10.1. The van der Waals surface area contributed by atoms with Gasteiger partial charge in [0.05, 0.1) is 5.56 Å². The number of hydrogen-bond donors (Lipinski definition) is 1. The van der Waals surface area contributed by atoms with E-state index in [9.17, 15) is 4.79 Å². The fourth-order valence-electron chi connectivity index (χ4n) is 1.02. The Kier molecular flexibility index (Phi) is 2.96. The van der Waals surface area contributed by atoms with Gasteiger partial charge in [0, 0.05) is 19.7 Å². The zero-order valence-corrected chi connectivity index (χ0v) is 8.96. The van der Waals surface area contributed by atoms with E-state index in [1.54, 1.807) is 25.9 Å². The van der Waals surface area contributed by atoms with E-state index in [1.807, 2.05) is 0 Å². The number of carboxylic acid groups (broad SMARTS) is 1. The first-order valence-electron chi connectivity index (χ1n) is 4.01. The molecule has 0 saturated heterocycles. The van der Waals surface area contributed by atoms with Gasteiger partial charge in [-0.15, -0.1) is 0 Å². The van der Waals surface area contributed by atoms with E-state index < -0.39 is 5.97 Å². The summed E-state index contributed by atoms with van der Waals surface area (Å²) in [5.74, 6) is -0.451. The van der Waals surface area contributed by atoms with Crippen LogP contribution in [0.5, 0.6) is 0 Å². The SMILES string of the molecule is Cc1c(C(=O)O)cc(N(C)C)nc1Cl. The van der Waals surface area contributed by atoms with Crippen LogP contribution in [0.4, 0.5) is 5.82 Å². The predicted octanol–water partition coefficient (Wildman–Crippen LogP) is 1.81. The van der Waals surface area contributed by atoms with Crippen LogP contribution in [-0.2, 0) is 0 Å². The zero-order chi connectivity index (χ0) is 10.9. The second kappa shape index (κ2) is 3.84. The normalized spacial score (nSPS) is 10.0. The molecule has 0 atom stereocenters. The molecule has 1 heterocycles. The number of aromatic carboxylic acids is 1. The van der Waals surface area contributed by atoms with Crippen LogP contribution in [0.25, 0.3) is 0 Å². The number of anilines is 1. The van der Waals surface area contributed by atoms with Gasteiger partial charge < -0.3 is 10.0 Å². The number of rotatable bonds is 2. The highest BCUT2D eigenvalue weighted by Gasteiger charge is 2.13. The number of nitrogens with zero attached hydrogens (tertiary/aromatic N) is 2. The van der Waals surface area contributed by atoms with Crippen molar-refractivity contribution in [3.05, 3.63) is 22.3 Å². The van der Waals surface area contributed by atoms with Gasteiger partial charge in [-0.2, -0.15) is 0 Å². The topological polar surface area (TPSA) is 53.4 Å². The monoisotopic (exact) mass is 214 g/mol. The Hall–Kier alpha value is -1.29. The lowest BCUT2D eigenvalue weighted by molar-refractivity contribution is 0.0696. The van der Waals surface area contributed by atoms with E-state index >= 15 is 0 Å². The summed E-state index contributed by atoms with van der Waals surface area (Å²) >= 11 is 5.81. The third-order valence-corrected chi connectivity index (χ3v) is 2.26. The maximum absolute atomic E-state index is 10.8. The van der Waals surface area contributed by atoms with E-state index in [2.05, 4.69) is 4.98 Å². The number of carboxylic acids is 1. The molecule has 1 N–H and O–H groups in total. The molecule has 0 bridgehead atoms. The first-order valence-corrected chi connectivity index (χ1v) is 4.39. The lowest BCUT2D eigenvalue weighted by Gasteiger charge is -2.13. The smallest absolute Gasteiger partial charge is 0.336 e. The fourth-order valence-corrected chi connectivity index (χ4v) is 1.20. The molecule has 76 valence electrons. The molecule has 5 heteroatoms. The standard InChI is InChI=1S/C9H11ClN2O2/c1-5-6(9(13)14)4-7(12(2)3)11-8(5)10/h4H,1-3H3,(H,13,14). The van der Waals surface area contributed by atoms with Crippen molar-refractivity contribution in [2.24, 2.45) is 0 Å². The van der Waals surface area contributed by atoms with Crippen LogP contribution < -0.4 is 4.90 Å². The largest absolute Gasteiger partial charge is 0.478 e. The van der Waals surface area contributed by atoms with Gasteiger partial charge >= 0.3 is 5.97 Å². The summed E-state index contributed by atoms with van der Waals surface area (Å²) < 4.78 is 0. The van der Waals surface area contributed by atoms with Crippen molar-refractivity contribution < 1.29 is 9.90 Å². The molecule has 0 fully saturated rings. The summed E-state index contributed by atoms with van der Waals surface area (Å²) in [5, 5.41) is 9.12. The lowest BCUT2D eigenvalue weighted by Crippen LogP contribution is -2.13. The van der Waals surface area contributed by atoms with E-state index in [1.165, 1.54) is 6.07 Å². The van der Waals surface area contributed by atoms with Crippen molar-refractivity contribution in [1.82, 2.24) is 4.98 Å². The van der Waals surface area contributed by atoms with Gasteiger partial charge in [-0.3, -0.25) is 0 Å². The summed E-state index contributed by atoms with van der Waals surface area (Å²) in [6.45, 7) is 1.64. The van der Waals surface area contributed by atoms with Gasteiger partial charge in [0.1, 0.15) is 11.0 Å². The third kappa shape index (κ3) is 1.96. The summed E-state index contributed by atoms with van der Waals surface area (Å²) in [7, 11) is 3.55. The van der Waals surface area contributed by atoms with Gasteiger partial charge in [-0.05, 0) is 13.0 Å². The molecule has 0 aliphatic rings. The van der Waals surface area contributed by atoms with E-state index in [-0.39, 0.29) is 10.7 Å². The molecule has 1 rings (SSSR count). The van der Waals surface area contributed by atoms with Gasteiger partial charge in [-0.1, -0.05) is 11.6 Å². The highest BCUT2D eigenvalue weighted by atomic mass is 35.5. The number of pyridine rings is 1. The highest BCUT2D eigenvalue weighted by Crippen LogP contribution is 2.21. The number of hydrogen-bond acceptors (Lipinski definition) is 3. The molecule has 1 aromatic rings. The van der Waals surface area contributed by atoms with Gasteiger partial charge in [0.25, 0.3) is 0 Å². The molecule has 14 heavy (non-hydrogen) atoms. The minimum atomic E-state index is -0.991. The maximum Gasteiger partial charge on any atom is 0.336 e. The molecule has 0 unspecified atom stereocenters. The summed E-state index contributed by atoms with van der Waals surface area (Å²) in [5.41, 5.74) is 0.679. The Morgan fingerprint density at radius 3 is 2.57 bits per heavy atom. The molecule has 0 saturated carbocycles. The Labute approximate surface area is 87.1 Å². The first-order chi connectivity index (χ1) is 6.43. The van der Waals surface area contributed by atoms with Crippen LogP contribution in [-0.4, -0.2) is 30.2 Å². The second-order valence-corrected chi connectivity index (χ2v) is 3.50. The van der Waals surface area contributed by atoms with Crippen molar-refractivity contribution in [2.75, 3.05) is 19.0 Å². The third-order valence-electron chi connectivity index (χ3n) is 1.89. The van der Waals surface area contributed by atoms with E-state index in [0.29, 0.717) is 11.4 Å². The molecule has 1 aromatic heterocycles. The quantitative estimate of drug-likeness (QED) is 0.763. The minimum absolute atomic E-state index is 0.189. The maximum atomic E-state index is 10.8. The van der Waals surface area contributed by atoms with E-state index in [0.717, 1.165) is 0 Å². The second-order valence-electron chi connectivity index (χ2n) is 3.14. The van der Waals surface area contributed by atoms with Gasteiger partial charge in [0.15, 0.2) is 0 Å². The fraction of sp³-hybridized carbons (Fsp3) is 0.333. The summed E-state index contributed by atoms with van der Waals surface area (Å²) in [6, 6.07) is 1.50. The molecular weight excluding hydrogens is 204 g/mol. The van der Waals surface area contributed by atoms with Crippen molar-refractivity contribution in [3.8, 4) is 0 Å². The Balaban J connectivity index is 3.35. The minimum Gasteiger partial charge on any atom is -0.478 e. The molecule has 4 nitrogen and oxygen atoms in total. The first kappa shape index (κ1) is 10.8. The zero-order valence-electron chi connectivity index (χ0n) is 8.21. The Bertz CT molecular complexity index is 377. The number of aromatic nitrogens is 1. The molecule has 0 aliphatic heterocycles. The van der Waals surface area contributed by atoms with Crippen LogP contribution in [0.2, 0.25) is 5.15 Å². The van der Waals surface area contributed by atoms with Crippen LogP contribution in [0.3, 0.4) is 0 Å². The Morgan fingerprint density at radius 2 is 2.14 bits per heavy atom. The van der Waals surface area contributed by atoms with Crippen molar-refractivity contribution in [3.63, 3.8) is 0 Å². The van der Waals surface area contributed by atoms with Crippen LogP contribution >= 0.6 is 11.6 Å². The van der Waals surface area contributed by atoms with Crippen LogP contribution in [0, 0.1) is 6.92 Å². The van der Waals surface area contributed by atoms with Crippen molar-refractivity contribution in [1.29, 1.82) is 0 Å². The molecule has 0 radical (unpaired) electrons. The number of halogens is 1.